The lowest BCUT2D eigenvalue weighted by Gasteiger charge is -2.08. The van der Waals surface area contributed by atoms with Crippen LogP contribution in [0.2, 0.25) is 0 Å². The van der Waals surface area contributed by atoms with E-state index in [0.29, 0.717) is 35.7 Å². The number of hydrogen-bond acceptors (Lipinski definition) is 6. The zero-order valence-corrected chi connectivity index (χ0v) is 23.4. The highest BCUT2D eigenvalue weighted by atomic mass is 16.3. The SMILES string of the molecule is CC(C)CCn1c(O)c(N=NC(=O)CCC(=O)N=Nc2c(O)n(CCC(C)C)c3ccccc23)c2ccccc21. The number of aromatic hydroxyl groups is 2. The van der Waals surface area contributed by atoms with E-state index in [1.54, 1.807) is 9.13 Å². The lowest BCUT2D eigenvalue weighted by molar-refractivity contribution is -0.123. The Morgan fingerprint density at radius 1 is 0.675 bits per heavy atom. The number of aromatic nitrogens is 2. The molecule has 0 spiro atoms. The largest absolute Gasteiger partial charge is 0.493 e. The van der Waals surface area contributed by atoms with Crippen LogP contribution in [0.1, 0.15) is 53.4 Å². The molecule has 0 saturated heterocycles. The number of amides is 2. The van der Waals surface area contributed by atoms with Crippen LogP contribution in [-0.2, 0) is 22.7 Å². The van der Waals surface area contributed by atoms with Gasteiger partial charge in [-0.2, -0.15) is 0 Å². The molecule has 0 aliphatic carbocycles. The second-order valence-electron chi connectivity index (χ2n) is 10.7. The number of hydrogen-bond donors (Lipinski definition) is 2. The second kappa shape index (κ2) is 12.7. The molecule has 210 valence electrons. The van der Waals surface area contributed by atoms with Crippen LogP contribution in [0, 0.1) is 11.8 Å². The molecule has 40 heavy (non-hydrogen) atoms. The molecule has 2 heterocycles. The Hall–Kier alpha value is -4.34. The third-order valence-electron chi connectivity index (χ3n) is 6.77. The molecule has 4 rings (SSSR count). The van der Waals surface area contributed by atoms with Gasteiger partial charge in [0, 0.05) is 36.7 Å². The molecule has 10 nitrogen and oxygen atoms in total. The second-order valence-corrected chi connectivity index (χ2v) is 10.7. The van der Waals surface area contributed by atoms with E-state index in [0.717, 1.165) is 23.9 Å². The number of aryl methyl sites for hydroxylation is 2. The maximum absolute atomic E-state index is 12.4. The molecule has 10 heteroatoms. The van der Waals surface area contributed by atoms with E-state index >= 15 is 0 Å². The van der Waals surface area contributed by atoms with E-state index < -0.39 is 11.8 Å². The third kappa shape index (κ3) is 6.44. The molecule has 0 atom stereocenters. The summed E-state index contributed by atoms with van der Waals surface area (Å²) in [4.78, 5) is 24.8. The molecule has 0 bridgehead atoms. The molecule has 0 unspecified atom stereocenters. The molecule has 0 fully saturated rings. The summed E-state index contributed by atoms with van der Waals surface area (Å²) in [5.41, 5.74) is 2.07. The van der Waals surface area contributed by atoms with Gasteiger partial charge < -0.3 is 19.3 Å². The molecule has 0 saturated carbocycles. The maximum atomic E-state index is 12.4. The van der Waals surface area contributed by atoms with E-state index in [4.69, 9.17) is 0 Å². The summed E-state index contributed by atoms with van der Waals surface area (Å²) in [5, 5.41) is 38.5. The third-order valence-corrected chi connectivity index (χ3v) is 6.77. The summed E-state index contributed by atoms with van der Waals surface area (Å²) < 4.78 is 3.54. The lowest BCUT2D eigenvalue weighted by Crippen LogP contribution is -2.00. The average molecular weight is 545 g/mol. The van der Waals surface area contributed by atoms with Crippen LogP contribution in [0.25, 0.3) is 21.8 Å². The van der Waals surface area contributed by atoms with Gasteiger partial charge in [-0.1, -0.05) is 64.1 Å². The quantitative estimate of drug-likeness (QED) is 0.186. The highest BCUT2D eigenvalue weighted by Crippen LogP contribution is 2.40. The normalized spacial score (nSPS) is 12.2. The zero-order valence-electron chi connectivity index (χ0n) is 23.4. The van der Waals surface area contributed by atoms with E-state index in [1.807, 2.05) is 48.5 Å². The Balaban J connectivity index is 1.43. The summed E-state index contributed by atoms with van der Waals surface area (Å²) in [5.74, 6) is -0.416. The number of para-hydroxylation sites is 2. The molecular weight excluding hydrogens is 508 g/mol. The Labute approximate surface area is 233 Å². The first-order valence-electron chi connectivity index (χ1n) is 13.7. The van der Waals surface area contributed by atoms with Crippen molar-refractivity contribution in [2.75, 3.05) is 0 Å². The van der Waals surface area contributed by atoms with E-state index in [9.17, 15) is 19.8 Å². The van der Waals surface area contributed by atoms with Crippen LogP contribution >= 0.6 is 0 Å². The Kier molecular flexibility index (Phi) is 9.08. The molecule has 0 aliphatic heterocycles. The van der Waals surface area contributed by atoms with Crippen LogP contribution in [0.5, 0.6) is 11.8 Å². The minimum Gasteiger partial charge on any atom is -0.493 e. The smallest absolute Gasteiger partial charge is 0.265 e. The minimum atomic E-state index is -0.616. The predicted octanol–water partition coefficient (Wildman–Crippen LogP) is 7.80. The summed E-state index contributed by atoms with van der Waals surface area (Å²) in [7, 11) is 0. The predicted molar refractivity (Wildman–Crippen MR) is 154 cm³/mol. The monoisotopic (exact) mass is 544 g/mol. The van der Waals surface area contributed by atoms with Gasteiger partial charge in [0.2, 0.25) is 11.8 Å². The van der Waals surface area contributed by atoms with Gasteiger partial charge in [-0.25, -0.2) is 0 Å². The number of fused-ring (bicyclic) bond motifs is 2. The fraction of sp³-hybridized carbons (Fsp3) is 0.400. The van der Waals surface area contributed by atoms with Gasteiger partial charge in [-0.15, -0.1) is 20.5 Å². The molecule has 2 aromatic heterocycles. The summed E-state index contributed by atoms with van der Waals surface area (Å²) in [6.07, 6.45) is 1.32. The minimum absolute atomic E-state index is 0.0457. The Bertz CT molecular complexity index is 1460. The van der Waals surface area contributed by atoms with Gasteiger partial charge in [0.25, 0.3) is 11.8 Å². The standard InChI is InChI=1S/C30H36N6O4/c1-19(2)15-17-35-23-11-7-5-9-21(23)27(29(35)39)33-31-25(37)13-14-26(38)32-34-28-22-10-6-8-12-24(22)36(30(28)40)18-16-20(3)4/h5-12,19-20,39-40H,13-18H2,1-4H3. The first-order valence-corrected chi connectivity index (χ1v) is 13.7. The first-order chi connectivity index (χ1) is 19.2. The fourth-order valence-corrected chi connectivity index (χ4v) is 4.49. The van der Waals surface area contributed by atoms with Gasteiger partial charge in [-0.05, 0) is 36.8 Å². The summed E-state index contributed by atoms with van der Waals surface area (Å²) in [6.45, 7) is 9.66. The molecule has 0 aliphatic rings. The van der Waals surface area contributed by atoms with Crippen molar-refractivity contribution in [2.24, 2.45) is 32.3 Å². The molecule has 2 aromatic carbocycles. The number of rotatable bonds is 11. The number of nitrogens with zero attached hydrogens (tertiary/aromatic N) is 6. The van der Waals surface area contributed by atoms with Gasteiger partial charge >= 0.3 is 0 Å². The number of carbonyl (C=O) groups excluding carboxylic acids is 2. The first kappa shape index (κ1) is 28.7. The summed E-state index contributed by atoms with van der Waals surface area (Å²) in [6, 6.07) is 14.8. The van der Waals surface area contributed by atoms with Crippen LogP contribution in [0.4, 0.5) is 11.4 Å². The maximum Gasteiger partial charge on any atom is 0.265 e. The van der Waals surface area contributed by atoms with Crippen molar-refractivity contribution in [3.05, 3.63) is 48.5 Å². The van der Waals surface area contributed by atoms with Gasteiger partial charge in [-0.3, -0.25) is 9.59 Å². The Morgan fingerprint density at radius 3 is 1.43 bits per heavy atom. The van der Waals surface area contributed by atoms with E-state index in [-0.39, 0.29) is 36.0 Å². The molecule has 2 N–H and O–H groups in total. The van der Waals surface area contributed by atoms with Gasteiger partial charge in [0.15, 0.2) is 11.4 Å². The highest BCUT2D eigenvalue weighted by molar-refractivity contribution is 5.96. The fourth-order valence-electron chi connectivity index (χ4n) is 4.49. The summed E-state index contributed by atoms with van der Waals surface area (Å²) >= 11 is 0. The number of benzene rings is 2. The lowest BCUT2D eigenvalue weighted by atomic mass is 10.1. The van der Waals surface area contributed by atoms with Crippen molar-refractivity contribution in [2.45, 2.75) is 66.5 Å². The van der Waals surface area contributed by atoms with Crippen molar-refractivity contribution in [1.82, 2.24) is 9.13 Å². The molecular formula is C30H36N6O4. The average Bonchev–Trinajstić information content (AvgIpc) is 3.35. The van der Waals surface area contributed by atoms with Crippen molar-refractivity contribution >= 4 is 45.0 Å². The number of azo groups is 2. The highest BCUT2D eigenvalue weighted by Gasteiger charge is 2.18. The Morgan fingerprint density at radius 2 is 1.05 bits per heavy atom. The van der Waals surface area contributed by atoms with Crippen molar-refractivity contribution < 1.29 is 19.8 Å². The van der Waals surface area contributed by atoms with E-state index in [2.05, 4.69) is 48.2 Å². The van der Waals surface area contributed by atoms with Crippen molar-refractivity contribution in [3.63, 3.8) is 0 Å². The van der Waals surface area contributed by atoms with Crippen LogP contribution in [0.15, 0.2) is 69.0 Å². The van der Waals surface area contributed by atoms with Gasteiger partial charge in [0.05, 0.1) is 11.0 Å². The molecule has 2 amide bonds. The topological polar surface area (TPSA) is 134 Å². The molecule has 4 aromatic rings. The van der Waals surface area contributed by atoms with E-state index in [1.165, 1.54) is 0 Å². The molecule has 0 radical (unpaired) electrons. The van der Waals surface area contributed by atoms with Crippen LogP contribution in [0.3, 0.4) is 0 Å². The van der Waals surface area contributed by atoms with Crippen LogP contribution in [-0.4, -0.2) is 31.2 Å². The van der Waals surface area contributed by atoms with Crippen LogP contribution < -0.4 is 0 Å². The number of carbonyl (C=O) groups is 2. The van der Waals surface area contributed by atoms with Crippen molar-refractivity contribution in [3.8, 4) is 11.8 Å². The zero-order chi connectivity index (χ0) is 28.8. The van der Waals surface area contributed by atoms with Gasteiger partial charge in [0.1, 0.15) is 0 Å². The van der Waals surface area contributed by atoms with Crippen molar-refractivity contribution in [1.29, 1.82) is 0 Å².